The molecule has 1 aromatic heterocycles. The minimum absolute atomic E-state index is 0.0113. The highest BCUT2D eigenvalue weighted by atomic mass is 16.5. The highest BCUT2D eigenvalue weighted by molar-refractivity contribution is 5.76. The molecule has 0 unspecified atom stereocenters. The van der Waals surface area contributed by atoms with Crippen LogP contribution in [-0.2, 0) is 16.1 Å². The van der Waals surface area contributed by atoms with Gasteiger partial charge in [0.1, 0.15) is 0 Å². The summed E-state index contributed by atoms with van der Waals surface area (Å²) in [4.78, 5) is 28.4. The molecule has 0 radical (unpaired) electrons. The largest absolute Gasteiger partial charge is 0.378 e. The maximum Gasteiger partial charge on any atom is 0.269 e. The Labute approximate surface area is 169 Å². The van der Waals surface area contributed by atoms with Crippen molar-refractivity contribution in [2.45, 2.75) is 25.9 Å². The van der Waals surface area contributed by atoms with Crippen molar-refractivity contribution in [3.8, 4) is 0 Å². The molecule has 29 heavy (non-hydrogen) atoms. The second kappa shape index (κ2) is 8.75. The van der Waals surface area contributed by atoms with E-state index >= 15 is 0 Å². The zero-order chi connectivity index (χ0) is 20.2. The molecule has 3 heterocycles. The average molecular weight is 397 g/mol. The van der Waals surface area contributed by atoms with Crippen molar-refractivity contribution in [2.75, 3.05) is 44.3 Å². The van der Waals surface area contributed by atoms with E-state index in [1.54, 1.807) is 6.20 Å². The van der Waals surface area contributed by atoms with Gasteiger partial charge >= 0.3 is 0 Å². The molecule has 0 saturated carbocycles. The van der Waals surface area contributed by atoms with Crippen molar-refractivity contribution in [1.29, 1.82) is 0 Å². The monoisotopic (exact) mass is 397 g/mol. The van der Waals surface area contributed by atoms with Crippen molar-refractivity contribution < 1.29 is 9.53 Å². The van der Waals surface area contributed by atoms with Crippen LogP contribution in [0.25, 0.3) is 0 Å². The quantitative estimate of drug-likeness (QED) is 0.706. The number of H-pyrrole nitrogens is 1. The van der Waals surface area contributed by atoms with Crippen LogP contribution in [0.4, 0.5) is 5.69 Å². The standard InChI is InChI=1S/C21H27N5O3/c1-15-18(12-23-24-21(15)28)26-13-16-4-2-3-5-17(16)19(26)14-29-11-6-20(27)25-9-7-22-8-10-25/h2-5,12,19,22H,6-11,13-14H2,1H3,(H,24,28)/t19-/m1/s1. The first kappa shape index (κ1) is 19.6. The summed E-state index contributed by atoms with van der Waals surface area (Å²) in [6, 6.07) is 8.24. The molecule has 4 rings (SSSR count). The van der Waals surface area contributed by atoms with Crippen LogP contribution in [0.2, 0.25) is 0 Å². The SMILES string of the molecule is Cc1c(N2Cc3ccccc3[C@H]2COCCC(=O)N2CCNCC2)cn[nH]c1=O. The van der Waals surface area contributed by atoms with Gasteiger partial charge < -0.3 is 19.9 Å². The maximum absolute atomic E-state index is 12.3. The molecule has 8 nitrogen and oxygen atoms in total. The molecule has 0 aliphatic carbocycles. The third kappa shape index (κ3) is 4.18. The minimum Gasteiger partial charge on any atom is -0.378 e. The number of piperazine rings is 1. The van der Waals surface area contributed by atoms with E-state index in [4.69, 9.17) is 4.74 Å². The first-order valence-electron chi connectivity index (χ1n) is 10.1. The number of carbonyl (C=O) groups is 1. The number of aromatic nitrogens is 2. The molecule has 2 aliphatic heterocycles. The molecule has 1 fully saturated rings. The van der Waals surface area contributed by atoms with Crippen molar-refractivity contribution in [2.24, 2.45) is 0 Å². The number of ether oxygens (including phenoxy) is 1. The number of hydrogen-bond acceptors (Lipinski definition) is 6. The second-order valence-electron chi connectivity index (χ2n) is 7.51. The first-order chi connectivity index (χ1) is 14.1. The fourth-order valence-electron chi connectivity index (χ4n) is 4.06. The number of hydrogen-bond donors (Lipinski definition) is 2. The Morgan fingerprint density at radius 2 is 2.07 bits per heavy atom. The molecule has 2 N–H and O–H groups in total. The third-order valence-electron chi connectivity index (χ3n) is 5.72. The van der Waals surface area contributed by atoms with E-state index in [1.807, 2.05) is 24.0 Å². The van der Waals surface area contributed by atoms with E-state index < -0.39 is 0 Å². The van der Waals surface area contributed by atoms with E-state index in [-0.39, 0.29) is 17.5 Å². The lowest BCUT2D eigenvalue weighted by Crippen LogP contribution is -2.46. The lowest BCUT2D eigenvalue weighted by molar-refractivity contribution is -0.132. The summed E-state index contributed by atoms with van der Waals surface area (Å²) < 4.78 is 5.95. The van der Waals surface area contributed by atoms with E-state index in [0.29, 0.717) is 31.7 Å². The summed E-state index contributed by atoms with van der Waals surface area (Å²) in [5.74, 6) is 0.143. The summed E-state index contributed by atoms with van der Waals surface area (Å²) >= 11 is 0. The van der Waals surface area contributed by atoms with Crippen LogP contribution in [0, 0.1) is 6.92 Å². The summed E-state index contributed by atoms with van der Waals surface area (Å²) in [5.41, 5.74) is 3.69. The van der Waals surface area contributed by atoms with E-state index in [1.165, 1.54) is 11.1 Å². The molecule has 1 saturated heterocycles. The number of nitrogens with one attached hydrogen (secondary N) is 2. The summed E-state index contributed by atoms with van der Waals surface area (Å²) in [6.45, 7) is 6.58. The smallest absolute Gasteiger partial charge is 0.269 e. The molecule has 2 aliphatic rings. The Morgan fingerprint density at radius 3 is 2.90 bits per heavy atom. The van der Waals surface area contributed by atoms with Gasteiger partial charge in [0, 0.05) is 38.3 Å². The number of anilines is 1. The lowest BCUT2D eigenvalue weighted by Gasteiger charge is -2.29. The number of fused-ring (bicyclic) bond motifs is 1. The van der Waals surface area contributed by atoms with Crippen LogP contribution in [0.5, 0.6) is 0 Å². The van der Waals surface area contributed by atoms with Crippen molar-refractivity contribution in [1.82, 2.24) is 20.4 Å². The molecule has 2 aromatic rings. The maximum atomic E-state index is 12.3. The zero-order valence-electron chi connectivity index (χ0n) is 16.7. The summed E-state index contributed by atoms with van der Waals surface area (Å²) in [6.07, 6.45) is 2.09. The summed E-state index contributed by atoms with van der Waals surface area (Å²) in [7, 11) is 0. The van der Waals surface area contributed by atoms with Crippen molar-refractivity contribution >= 4 is 11.6 Å². The van der Waals surface area contributed by atoms with E-state index in [9.17, 15) is 9.59 Å². The van der Waals surface area contributed by atoms with Gasteiger partial charge in [0.25, 0.3) is 5.56 Å². The van der Waals surface area contributed by atoms with E-state index in [0.717, 1.165) is 31.9 Å². The Hall–Kier alpha value is -2.71. The molecule has 0 spiro atoms. The predicted molar refractivity (Wildman–Crippen MR) is 110 cm³/mol. The third-order valence-corrected chi connectivity index (χ3v) is 5.72. The van der Waals surface area contributed by atoms with Gasteiger partial charge in [-0.15, -0.1) is 0 Å². The van der Waals surface area contributed by atoms with Gasteiger partial charge in [-0.3, -0.25) is 9.59 Å². The highest BCUT2D eigenvalue weighted by Crippen LogP contribution is 2.37. The van der Waals surface area contributed by atoms with Gasteiger partial charge in [-0.1, -0.05) is 24.3 Å². The fourth-order valence-corrected chi connectivity index (χ4v) is 4.06. The molecule has 1 amide bonds. The normalized spacial score (nSPS) is 18.7. The van der Waals surface area contributed by atoms with Gasteiger partial charge in [0.05, 0.1) is 37.6 Å². The van der Waals surface area contributed by atoms with Gasteiger partial charge in [-0.05, 0) is 18.1 Å². The average Bonchev–Trinajstić information content (AvgIpc) is 3.12. The molecular formula is C21H27N5O3. The van der Waals surface area contributed by atoms with Gasteiger partial charge in [-0.2, -0.15) is 5.10 Å². The number of rotatable bonds is 6. The molecule has 1 aromatic carbocycles. The van der Waals surface area contributed by atoms with E-state index in [2.05, 4.69) is 32.5 Å². The number of benzene rings is 1. The van der Waals surface area contributed by atoms with Crippen LogP contribution >= 0.6 is 0 Å². The van der Waals surface area contributed by atoms with Crippen LogP contribution in [-0.4, -0.2) is 60.4 Å². The topological polar surface area (TPSA) is 90.6 Å². The predicted octanol–water partition coefficient (Wildman–Crippen LogP) is 0.978. The molecular weight excluding hydrogens is 370 g/mol. The zero-order valence-corrected chi connectivity index (χ0v) is 16.7. The van der Waals surface area contributed by atoms with Gasteiger partial charge in [0.15, 0.2) is 0 Å². The summed E-state index contributed by atoms with van der Waals surface area (Å²) in [5, 5.41) is 9.72. The second-order valence-corrected chi connectivity index (χ2v) is 7.51. The Kier molecular flexibility index (Phi) is 5.92. The molecule has 1 atom stereocenters. The van der Waals surface area contributed by atoms with Crippen molar-refractivity contribution in [3.05, 3.63) is 57.5 Å². The van der Waals surface area contributed by atoms with Crippen LogP contribution in [0.3, 0.4) is 0 Å². The van der Waals surface area contributed by atoms with Crippen LogP contribution in [0.15, 0.2) is 35.3 Å². The lowest BCUT2D eigenvalue weighted by atomic mass is 10.1. The fraction of sp³-hybridized carbons (Fsp3) is 0.476. The first-order valence-corrected chi connectivity index (χ1v) is 10.1. The molecule has 154 valence electrons. The number of nitrogens with zero attached hydrogens (tertiary/aromatic N) is 3. The number of carbonyl (C=O) groups excluding carboxylic acids is 1. The van der Waals surface area contributed by atoms with Crippen LogP contribution < -0.4 is 15.8 Å². The molecule has 8 heteroatoms. The van der Waals surface area contributed by atoms with Gasteiger partial charge in [-0.25, -0.2) is 5.10 Å². The Morgan fingerprint density at radius 1 is 1.28 bits per heavy atom. The minimum atomic E-state index is -0.181. The van der Waals surface area contributed by atoms with Crippen molar-refractivity contribution in [3.63, 3.8) is 0 Å². The number of amides is 1. The van der Waals surface area contributed by atoms with Crippen LogP contribution in [0.1, 0.15) is 29.2 Å². The van der Waals surface area contributed by atoms with Gasteiger partial charge in [0.2, 0.25) is 5.91 Å². The Balaban J connectivity index is 1.42. The Bertz CT molecular complexity index is 923. The number of aromatic amines is 1. The molecule has 0 bridgehead atoms. The highest BCUT2D eigenvalue weighted by Gasteiger charge is 2.31.